The molecule has 0 aliphatic rings. The van der Waals surface area contributed by atoms with Gasteiger partial charge in [0.1, 0.15) is 5.82 Å². The van der Waals surface area contributed by atoms with Crippen LogP contribution in [0.4, 0.5) is 10.1 Å². The first kappa shape index (κ1) is 17.9. The lowest BCUT2D eigenvalue weighted by Gasteiger charge is -2.22. The first-order chi connectivity index (χ1) is 10.3. The third-order valence-corrected chi connectivity index (χ3v) is 3.11. The van der Waals surface area contributed by atoms with Gasteiger partial charge in [0.05, 0.1) is 13.2 Å². The van der Waals surface area contributed by atoms with Crippen LogP contribution in [0.15, 0.2) is 24.3 Å². The third-order valence-electron chi connectivity index (χ3n) is 3.11. The fraction of sp³-hybridized carbons (Fsp3) is 0.625. The number of benzene rings is 1. The molecule has 0 heterocycles. The van der Waals surface area contributed by atoms with Crippen LogP contribution in [0.1, 0.15) is 13.8 Å². The van der Waals surface area contributed by atoms with Gasteiger partial charge in [-0.05, 0) is 38.1 Å². The summed E-state index contributed by atoms with van der Waals surface area (Å²) >= 11 is 0. The number of nitrogens with zero attached hydrogens (tertiary/aromatic N) is 1. The summed E-state index contributed by atoms with van der Waals surface area (Å²) < 4.78 is 23.6. The second-order valence-corrected chi connectivity index (χ2v) is 4.67. The van der Waals surface area contributed by atoms with Crippen molar-refractivity contribution < 1.29 is 13.9 Å². The summed E-state index contributed by atoms with van der Waals surface area (Å²) in [5.74, 6) is -0.212. The maximum atomic E-state index is 12.8. The number of nitrogens with one attached hydrogen (secondary N) is 1. The molecule has 0 spiro atoms. The van der Waals surface area contributed by atoms with E-state index in [2.05, 4.69) is 10.2 Å². The maximum absolute atomic E-state index is 12.8. The molecule has 1 aromatic rings. The fourth-order valence-corrected chi connectivity index (χ4v) is 1.94. The second-order valence-electron chi connectivity index (χ2n) is 4.67. The van der Waals surface area contributed by atoms with E-state index in [0.717, 1.165) is 58.3 Å². The molecule has 0 unspecified atom stereocenters. The molecular weight excluding hydrogens is 271 g/mol. The molecule has 0 atom stereocenters. The van der Waals surface area contributed by atoms with Crippen molar-refractivity contribution in [1.29, 1.82) is 0 Å². The summed E-state index contributed by atoms with van der Waals surface area (Å²) in [6, 6.07) is 6.43. The van der Waals surface area contributed by atoms with E-state index in [9.17, 15) is 4.39 Å². The van der Waals surface area contributed by atoms with Crippen LogP contribution >= 0.6 is 0 Å². The van der Waals surface area contributed by atoms with Crippen molar-refractivity contribution in [3.05, 3.63) is 30.1 Å². The summed E-state index contributed by atoms with van der Waals surface area (Å²) in [5, 5.41) is 3.29. The molecule has 0 aliphatic carbocycles. The Balaban J connectivity index is 2.27. The fourth-order valence-electron chi connectivity index (χ4n) is 1.94. The van der Waals surface area contributed by atoms with Crippen LogP contribution in [0.25, 0.3) is 0 Å². The smallest absolute Gasteiger partial charge is 0.123 e. The predicted octanol–water partition coefficient (Wildman–Crippen LogP) is 2.61. The van der Waals surface area contributed by atoms with Crippen molar-refractivity contribution in [1.82, 2.24) is 4.90 Å². The Morgan fingerprint density at radius 1 is 0.952 bits per heavy atom. The molecule has 1 N–H and O–H groups in total. The second kappa shape index (κ2) is 11.5. The number of ether oxygens (including phenoxy) is 2. The van der Waals surface area contributed by atoms with E-state index in [1.54, 1.807) is 12.1 Å². The minimum absolute atomic E-state index is 0.212. The molecule has 0 fully saturated rings. The molecular formula is C16H27FN2O2. The zero-order valence-corrected chi connectivity index (χ0v) is 13.1. The topological polar surface area (TPSA) is 33.7 Å². The van der Waals surface area contributed by atoms with E-state index in [4.69, 9.17) is 9.47 Å². The molecule has 0 amide bonds. The van der Waals surface area contributed by atoms with Crippen LogP contribution in [0, 0.1) is 5.82 Å². The molecule has 0 aliphatic heterocycles. The van der Waals surface area contributed by atoms with Gasteiger partial charge in [-0.15, -0.1) is 0 Å². The Labute approximate surface area is 127 Å². The van der Waals surface area contributed by atoms with Crippen molar-refractivity contribution in [2.45, 2.75) is 13.8 Å². The largest absolute Gasteiger partial charge is 0.384 e. The monoisotopic (exact) mass is 298 g/mol. The van der Waals surface area contributed by atoms with E-state index < -0.39 is 0 Å². The summed E-state index contributed by atoms with van der Waals surface area (Å²) in [6.07, 6.45) is 0. The Kier molecular flexibility index (Phi) is 9.78. The molecule has 0 saturated carbocycles. The molecule has 120 valence electrons. The minimum Gasteiger partial charge on any atom is -0.384 e. The summed E-state index contributed by atoms with van der Waals surface area (Å²) in [7, 11) is 0. The van der Waals surface area contributed by atoms with Crippen LogP contribution in [-0.4, -0.2) is 57.5 Å². The molecule has 0 radical (unpaired) electrons. The van der Waals surface area contributed by atoms with Crippen LogP contribution < -0.4 is 5.32 Å². The lowest BCUT2D eigenvalue weighted by atomic mass is 10.3. The van der Waals surface area contributed by atoms with Gasteiger partial charge in [-0.25, -0.2) is 4.39 Å². The van der Waals surface area contributed by atoms with Gasteiger partial charge in [0.25, 0.3) is 0 Å². The maximum Gasteiger partial charge on any atom is 0.123 e. The first-order valence-electron chi connectivity index (χ1n) is 7.63. The van der Waals surface area contributed by atoms with Crippen molar-refractivity contribution in [2.24, 2.45) is 0 Å². The number of hydrogen-bond donors (Lipinski definition) is 1. The number of anilines is 1. The Bertz CT molecular complexity index is 350. The normalized spacial score (nSPS) is 11.0. The molecule has 21 heavy (non-hydrogen) atoms. The summed E-state index contributed by atoms with van der Waals surface area (Å²) in [6.45, 7) is 10.5. The highest BCUT2D eigenvalue weighted by molar-refractivity contribution is 5.42. The van der Waals surface area contributed by atoms with Crippen LogP contribution in [0.2, 0.25) is 0 Å². The van der Waals surface area contributed by atoms with Gasteiger partial charge in [-0.1, -0.05) is 0 Å². The van der Waals surface area contributed by atoms with Crippen molar-refractivity contribution >= 4 is 5.69 Å². The molecule has 1 rings (SSSR count). The number of hydrogen-bond acceptors (Lipinski definition) is 4. The molecule has 0 aromatic heterocycles. The van der Waals surface area contributed by atoms with Crippen molar-refractivity contribution in [3.63, 3.8) is 0 Å². The highest BCUT2D eigenvalue weighted by Crippen LogP contribution is 2.07. The standard InChI is InChI=1S/C16H27FN2O2/c1-3-20-13-11-19(12-14-21-4-2)10-9-18-16-7-5-15(17)6-8-16/h5-8,18H,3-4,9-14H2,1-2H3. The van der Waals surface area contributed by atoms with Gasteiger partial charge in [0.15, 0.2) is 0 Å². The van der Waals surface area contributed by atoms with Crippen molar-refractivity contribution in [2.75, 3.05) is 57.9 Å². The van der Waals surface area contributed by atoms with Crippen LogP contribution in [-0.2, 0) is 9.47 Å². The highest BCUT2D eigenvalue weighted by Gasteiger charge is 2.04. The van der Waals surface area contributed by atoms with Gasteiger partial charge in [-0.2, -0.15) is 0 Å². The zero-order valence-electron chi connectivity index (χ0n) is 13.1. The molecule has 0 saturated heterocycles. The third kappa shape index (κ3) is 8.65. The van der Waals surface area contributed by atoms with Gasteiger partial charge >= 0.3 is 0 Å². The van der Waals surface area contributed by atoms with Gasteiger partial charge < -0.3 is 14.8 Å². The predicted molar refractivity (Wildman–Crippen MR) is 84.3 cm³/mol. The number of halogens is 1. The van der Waals surface area contributed by atoms with E-state index in [1.165, 1.54) is 12.1 Å². The van der Waals surface area contributed by atoms with E-state index in [-0.39, 0.29) is 5.82 Å². The van der Waals surface area contributed by atoms with E-state index >= 15 is 0 Å². The summed E-state index contributed by atoms with van der Waals surface area (Å²) in [5.41, 5.74) is 0.936. The van der Waals surface area contributed by atoms with Crippen LogP contribution in [0.3, 0.4) is 0 Å². The van der Waals surface area contributed by atoms with Gasteiger partial charge in [0.2, 0.25) is 0 Å². The SMILES string of the molecule is CCOCCN(CCNc1ccc(F)cc1)CCOCC. The average molecular weight is 298 g/mol. The van der Waals surface area contributed by atoms with Crippen molar-refractivity contribution in [3.8, 4) is 0 Å². The van der Waals surface area contributed by atoms with Gasteiger partial charge in [-0.3, -0.25) is 4.90 Å². The molecule has 1 aromatic carbocycles. The van der Waals surface area contributed by atoms with E-state index in [0.29, 0.717) is 0 Å². The molecule has 4 nitrogen and oxygen atoms in total. The van der Waals surface area contributed by atoms with E-state index in [1.807, 2.05) is 13.8 Å². The van der Waals surface area contributed by atoms with Gasteiger partial charge in [0, 0.05) is 45.1 Å². The van der Waals surface area contributed by atoms with Crippen LogP contribution in [0.5, 0.6) is 0 Å². The average Bonchev–Trinajstić information content (AvgIpc) is 2.49. The Hall–Kier alpha value is -1.17. The zero-order chi connectivity index (χ0) is 15.3. The lowest BCUT2D eigenvalue weighted by molar-refractivity contribution is 0.0846. The quantitative estimate of drug-likeness (QED) is 0.602. The first-order valence-corrected chi connectivity index (χ1v) is 7.63. The highest BCUT2D eigenvalue weighted by atomic mass is 19.1. The summed E-state index contributed by atoms with van der Waals surface area (Å²) in [4.78, 5) is 2.31. The lowest BCUT2D eigenvalue weighted by Crippen LogP contribution is -2.35. The number of rotatable bonds is 12. The molecule has 5 heteroatoms. The molecule has 0 bridgehead atoms. The Morgan fingerprint density at radius 3 is 2.05 bits per heavy atom. The minimum atomic E-state index is -0.212. The Morgan fingerprint density at radius 2 is 1.52 bits per heavy atom.